The van der Waals surface area contributed by atoms with Crippen molar-refractivity contribution in [3.8, 4) is 0 Å². The first-order chi connectivity index (χ1) is 31.3. The lowest BCUT2D eigenvalue weighted by atomic mass is 10.1. The fourth-order valence-corrected chi connectivity index (χ4v) is 6.63. The molecule has 2 aromatic carbocycles. The number of rotatable bonds is 13. The van der Waals surface area contributed by atoms with E-state index in [9.17, 15) is 14.4 Å². The number of aromatic nitrogens is 2. The van der Waals surface area contributed by atoms with Gasteiger partial charge in [-0.25, -0.2) is 25.9 Å². The molecular formula is C49H64N12O3. The number of nitrogens with one attached hydrogen (secondary N) is 3. The third-order valence-electron chi connectivity index (χ3n) is 10.0. The van der Waals surface area contributed by atoms with E-state index < -0.39 is 6.29 Å². The number of amides is 1. The van der Waals surface area contributed by atoms with Crippen LogP contribution in [0.5, 0.6) is 0 Å². The summed E-state index contributed by atoms with van der Waals surface area (Å²) in [5.74, 6) is 8.03. The number of hydrazine groups is 3. The molecule has 0 radical (unpaired) electrons. The summed E-state index contributed by atoms with van der Waals surface area (Å²) in [5.41, 5.74) is 17.8. The van der Waals surface area contributed by atoms with Crippen LogP contribution >= 0.6 is 0 Å². The highest BCUT2D eigenvalue weighted by Crippen LogP contribution is 2.31. The fraction of sp³-hybridized carbons (Fsp3) is 0.347. The number of nitrogens with two attached hydrogens (primary N) is 2. The molecule has 0 bridgehead atoms. The molecule has 15 heteroatoms. The van der Waals surface area contributed by atoms with E-state index in [0.29, 0.717) is 30.9 Å². The number of benzene rings is 2. The van der Waals surface area contributed by atoms with E-state index in [-0.39, 0.29) is 35.6 Å². The van der Waals surface area contributed by atoms with Crippen molar-refractivity contribution in [2.75, 3.05) is 0 Å². The molecule has 4 aliphatic heterocycles. The molecule has 64 heavy (non-hydrogen) atoms. The average Bonchev–Trinajstić information content (AvgIpc) is 4.24. The predicted molar refractivity (Wildman–Crippen MR) is 255 cm³/mol. The van der Waals surface area contributed by atoms with Crippen LogP contribution in [0, 0.1) is 11.8 Å². The molecule has 5 heterocycles. The van der Waals surface area contributed by atoms with Crippen molar-refractivity contribution in [3.05, 3.63) is 156 Å². The third kappa shape index (κ3) is 13.4. The molecule has 2 unspecified atom stereocenters. The van der Waals surface area contributed by atoms with Crippen molar-refractivity contribution in [1.82, 2.24) is 41.0 Å². The monoisotopic (exact) mass is 869 g/mol. The van der Waals surface area contributed by atoms with Crippen molar-refractivity contribution in [2.45, 2.75) is 99.1 Å². The summed E-state index contributed by atoms with van der Waals surface area (Å²) in [4.78, 5) is 45.6. The first-order valence-electron chi connectivity index (χ1n) is 22.5. The number of carbonyl (C=O) groups is 3. The van der Waals surface area contributed by atoms with Gasteiger partial charge in [-0.15, -0.1) is 0 Å². The number of fused-ring (bicyclic) bond motifs is 2. The highest BCUT2D eigenvalue weighted by atomic mass is 16.2. The molecule has 3 aromatic rings. The van der Waals surface area contributed by atoms with E-state index in [0.717, 1.165) is 59.6 Å². The van der Waals surface area contributed by atoms with Crippen molar-refractivity contribution < 1.29 is 14.4 Å². The molecule has 338 valence electrons. The second-order valence-electron chi connectivity index (χ2n) is 14.7. The Hall–Kier alpha value is -6.68. The standard InChI is InChI=1S/C24H23N5O2.C19H23N7O.3C2H6/c30-21(18-10-11-18)12-13-22-26-23-8-4-7-20(29(23)27-22)19-15-25-28(16-19)24(31)14-9-17-5-2-1-3-6-17;20-15(12-25(21)11-13-5-2-1-3-6-13)16-7-4-8-17-22-19(24-26(16)17)23-18(27)14-9-10-14;3*1-2/h1-8,12-13,15-16,18,22,27H,9-11,14H2;1-8,12,14,19,24H,9-11,20-21H2,(H,23,27);3*1-2H3/b13-12+;15-12-;;;. The molecular weight excluding hydrogens is 805 g/mol. The Morgan fingerprint density at radius 3 is 2.09 bits per heavy atom. The molecule has 1 aromatic heterocycles. The van der Waals surface area contributed by atoms with E-state index in [1.165, 1.54) is 4.68 Å². The van der Waals surface area contributed by atoms with Gasteiger partial charge >= 0.3 is 0 Å². The number of hydrogen-bond acceptors (Lipinski definition) is 13. The van der Waals surface area contributed by atoms with Crippen molar-refractivity contribution in [3.63, 3.8) is 0 Å². The van der Waals surface area contributed by atoms with E-state index >= 15 is 0 Å². The lowest BCUT2D eigenvalue weighted by Gasteiger charge is -2.26. The molecule has 0 saturated heterocycles. The second-order valence-corrected chi connectivity index (χ2v) is 14.7. The quantitative estimate of drug-likeness (QED) is 0.0685. The topological polar surface area (TPSA) is 192 Å². The van der Waals surface area contributed by atoms with Crippen molar-refractivity contribution in [1.29, 1.82) is 0 Å². The van der Waals surface area contributed by atoms with Gasteiger partial charge in [0.15, 0.2) is 12.1 Å². The normalized spacial score (nSPS) is 19.0. The highest BCUT2D eigenvalue weighted by Gasteiger charge is 2.35. The number of carbonyl (C=O) groups excluding carboxylic acids is 3. The molecule has 0 spiro atoms. The number of hydrogen-bond donors (Lipinski definition) is 5. The second kappa shape index (κ2) is 24.2. The Balaban J connectivity index is 0.000000218. The maximum atomic E-state index is 12.6. The van der Waals surface area contributed by atoms with Crippen LogP contribution in [0.15, 0.2) is 149 Å². The van der Waals surface area contributed by atoms with E-state index in [1.807, 2.05) is 144 Å². The predicted octanol–water partition coefficient (Wildman–Crippen LogP) is 6.87. The Morgan fingerprint density at radius 1 is 0.812 bits per heavy atom. The fourth-order valence-electron chi connectivity index (χ4n) is 6.63. The first kappa shape index (κ1) is 48.4. The van der Waals surface area contributed by atoms with Crippen LogP contribution < -0.4 is 27.7 Å². The van der Waals surface area contributed by atoms with Crippen molar-refractivity contribution in [2.24, 2.45) is 33.4 Å². The van der Waals surface area contributed by atoms with Gasteiger partial charge in [-0.2, -0.15) is 10.5 Å². The van der Waals surface area contributed by atoms with Crippen LogP contribution in [0.4, 0.5) is 0 Å². The van der Waals surface area contributed by atoms with E-state index in [2.05, 4.69) is 31.3 Å². The number of ketones is 1. The van der Waals surface area contributed by atoms with Gasteiger partial charge in [-0.1, -0.05) is 114 Å². The van der Waals surface area contributed by atoms with Gasteiger partial charge in [0.05, 0.1) is 29.8 Å². The summed E-state index contributed by atoms with van der Waals surface area (Å²) < 4.78 is 1.40. The molecule has 9 rings (SSSR count). The zero-order chi connectivity index (χ0) is 46.0. The van der Waals surface area contributed by atoms with Gasteiger partial charge in [-0.3, -0.25) is 24.4 Å². The van der Waals surface area contributed by atoms with Gasteiger partial charge in [0.1, 0.15) is 17.8 Å². The van der Waals surface area contributed by atoms with Gasteiger partial charge in [0.2, 0.25) is 11.8 Å². The Morgan fingerprint density at radius 2 is 1.44 bits per heavy atom. The van der Waals surface area contributed by atoms with Gasteiger partial charge < -0.3 is 16.1 Å². The number of allylic oxidation sites excluding steroid dienone is 5. The lowest BCUT2D eigenvalue weighted by molar-refractivity contribution is -0.123. The summed E-state index contributed by atoms with van der Waals surface area (Å²) in [6.07, 6.45) is 24.1. The summed E-state index contributed by atoms with van der Waals surface area (Å²) in [6, 6.07) is 19.9. The van der Waals surface area contributed by atoms with Crippen LogP contribution in [0.1, 0.15) is 95.1 Å². The summed E-state index contributed by atoms with van der Waals surface area (Å²) >= 11 is 0. The molecule has 15 nitrogen and oxygen atoms in total. The van der Waals surface area contributed by atoms with E-state index in [4.69, 9.17) is 11.6 Å². The Kier molecular flexibility index (Phi) is 18.3. The molecule has 7 N–H and O–H groups in total. The molecule has 2 saturated carbocycles. The Labute approximate surface area is 377 Å². The third-order valence-corrected chi connectivity index (χ3v) is 10.0. The van der Waals surface area contributed by atoms with E-state index in [1.54, 1.807) is 40.8 Å². The highest BCUT2D eigenvalue weighted by molar-refractivity contribution is 6.02. The molecule has 2 aliphatic carbocycles. The minimum absolute atomic E-state index is 0.0331. The van der Waals surface area contributed by atoms with Gasteiger partial charge in [0.25, 0.3) is 0 Å². The smallest absolute Gasteiger partial charge is 0.247 e. The lowest BCUT2D eigenvalue weighted by Crippen LogP contribution is -2.48. The number of nitrogens with zero attached hydrogens (tertiary/aromatic N) is 7. The molecule has 2 atom stereocenters. The van der Waals surface area contributed by atoms with Crippen LogP contribution in [0.2, 0.25) is 0 Å². The van der Waals surface area contributed by atoms with Crippen LogP contribution in [0.3, 0.4) is 0 Å². The van der Waals surface area contributed by atoms with Gasteiger partial charge in [-0.05, 0) is 79.7 Å². The minimum Gasteiger partial charge on any atom is -0.396 e. The van der Waals surface area contributed by atoms with Crippen molar-refractivity contribution >= 4 is 35.0 Å². The molecule has 6 aliphatic rings. The number of aliphatic imine (C=N–C) groups is 2. The SMILES string of the molecule is CC.CC.CC.N/C(=C\N(N)Cc1ccccc1)C1=CC=CC2=NC(NC(=O)C3CC3)NN12.O=C(/C=C/C1N=C2C=CC=C(c3cnn(C(=O)CCc4ccccc4)c3)N2N1)C1CC1. The maximum Gasteiger partial charge on any atom is 0.247 e. The van der Waals surface area contributed by atoms with Crippen LogP contribution in [0.25, 0.3) is 5.70 Å². The average molecular weight is 869 g/mol. The van der Waals surface area contributed by atoms with Crippen LogP contribution in [-0.4, -0.2) is 66.5 Å². The molecule has 2 fully saturated rings. The Bertz CT molecular complexity index is 2280. The summed E-state index contributed by atoms with van der Waals surface area (Å²) in [5, 5.41) is 12.3. The zero-order valence-corrected chi connectivity index (χ0v) is 37.9. The molecule has 1 amide bonds. The largest absolute Gasteiger partial charge is 0.396 e. The summed E-state index contributed by atoms with van der Waals surface area (Å²) in [6.45, 7) is 12.5. The maximum absolute atomic E-state index is 12.6. The zero-order valence-electron chi connectivity index (χ0n) is 37.9. The first-order valence-corrected chi connectivity index (χ1v) is 22.5. The number of amidine groups is 2. The number of aryl methyl sites for hydroxylation is 1. The summed E-state index contributed by atoms with van der Waals surface area (Å²) in [7, 11) is 0. The van der Waals surface area contributed by atoms with Crippen LogP contribution in [-0.2, 0) is 22.6 Å². The minimum atomic E-state index is -0.495. The van der Waals surface area contributed by atoms with Gasteiger partial charge in [0, 0.05) is 36.2 Å².